The summed E-state index contributed by atoms with van der Waals surface area (Å²) >= 11 is 5.35. The van der Waals surface area contributed by atoms with Crippen LogP contribution in [-0.4, -0.2) is 31.8 Å². The van der Waals surface area contributed by atoms with Gasteiger partial charge in [0.15, 0.2) is 0 Å². The average molecular weight is 345 g/mol. The monoisotopic (exact) mass is 344 g/mol. The van der Waals surface area contributed by atoms with Crippen molar-refractivity contribution in [3.05, 3.63) is 20.8 Å². The van der Waals surface area contributed by atoms with Crippen LogP contribution in [-0.2, 0) is 11.3 Å². The van der Waals surface area contributed by atoms with Gasteiger partial charge in [0.1, 0.15) is 0 Å². The van der Waals surface area contributed by atoms with Gasteiger partial charge in [-0.25, -0.2) is 0 Å². The number of nitrogens with one attached hydrogen (secondary N) is 2. The van der Waals surface area contributed by atoms with Crippen LogP contribution in [0.4, 0.5) is 0 Å². The Morgan fingerprint density at radius 3 is 3.11 bits per heavy atom. The molecule has 0 radical (unpaired) electrons. The smallest absolute Gasteiger partial charge is 0.0701 e. The van der Waals surface area contributed by atoms with Crippen LogP contribution < -0.4 is 10.6 Å². The van der Waals surface area contributed by atoms with E-state index in [9.17, 15) is 0 Å². The Morgan fingerprint density at radius 1 is 1.42 bits per heavy atom. The molecule has 1 aliphatic heterocycles. The lowest BCUT2D eigenvalue weighted by molar-refractivity contribution is 0.0524. The Labute approximate surface area is 127 Å². The van der Waals surface area contributed by atoms with Crippen LogP contribution in [0.5, 0.6) is 0 Å². The van der Waals surface area contributed by atoms with Gasteiger partial charge >= 0.3 is 0 Å². The highest BCUT2D eigenvalue weighted by Crippen LogP contribution is 2.30. The molecule has 0 aromatic carbocycles. The van der Waals surface area contributed by atoms with Crippen LogP contribution in [0.2, 0.25) is 0 Å². The minimum Gasteiger partial charge on any atom is -0.379 e. The van der Waals surface area contributed by atoms with Crippen LogP contribution in [0.3, 0.4) is 0 Å². The lowest BCUT2D eigenvalue weighted by Crippen LogP contribution is -2.50. The van der Waals surface area contributed by atoms with Gasteiger partial charge < -0.3 is 15.4 Å². The van der Waals surface area contributed by atoms with Crippen molar-refractivity contribution in [3.8, 4) is 0 Å². The zero-order chi connectivity index (χ0) is 13.1. The number of ether oxygens (including phenoxy) is 1. The van der Waals surface area contributed by atoms with E-state index in [2.05, 4.69) is 38.7 Å². The molecule has 3 atom stereocenters. The molecule has 3 unspecified atom stereocenters. The van der Waals surface area contributed by atoms with E-state index in [0.29, 0.717) is 12.1 Å². The quantitative estimate of drug-likeness (QED) is 0.880. The van der Waals surface area contributed by atoms with Crippen LogP contribution >= 0.6 is 27.3 Å². The molecular weight excluding hydrogens is 324 g/mol. The normalized spacial score (nSPS) is 31.7. The van der Waals surface area contributed by atoms with Gasteiger partial charge in [-0.2, -0.15) is 0 Å². The van der Waals surface area contributed by atoms with E-state index in [1.165, 1.54) is 27.9 Å². The molecular formula is C14H21BrN2OS. The van der Waals surface area contributed by atoms with Gasteiger partial charge in [0, 0.05) is 30.1 Å². The van der Waals surface area contributed by atoms with E-state index in [1.807, 2.05) is 11.3 Å². The standard InChI is InChI=1S/C14H21BrN2OS/c15-14-5-4-10(19-14)8-17-12-3-1-2-11(12)13-9-18-7-6-16-13/h4-5,11-13,16-17H,1-3,6-9H2. The summed E-state index contributed by atoms with van der Waals surface area (Å²) in [6, 6.07) is 5.52. The minimum absolute atomic E-state index is 0.545. The topological polar surface area (TPSA) is 33.3 Å². The summed E-state index contributed by atoms with van der Waals surface area (Å²) in [6.07, 6.45) is 3.97. The minimum atomic E-state index is 0.545. The van der Waals surface area contributed by atoms with Gasteiger partial charge in [0.2, 0.25) is 0 Å². The molecule has 5 heteroatoms. The molecule has 1 saturated heterocycles. The van der Waals surface area contributed by atoms with Crippen molar-refractivity contribution in [1.82, 2.24) is 10.6 Å². The Balaban J connectivity index is 1.54. The zero-order valence-electron chi connectivity index (χ0n) is 11.0. The van der Waals surface area contributed by atoms with Crippen molar-refractivity contribution in [2.45, 2.75) is 37.9 Å². The summed E-state index contributed by atoms with van der Waals surface area (Å²) in [5.41, 5.74) is 0. The second-order valence-corrected chi connectivity index (χ2v) is 7.97. The molecule has 0 bridgehead atoms. The highest BCUT2D eigenvalue weighted by atomic mass is 79.9. The second kappa shape index (κ2) is 6.68. The van der Waals surface area contributed by atoms with Crippen LogP contribution in [0.25, 0.3) is 0 Å². The summed E-state index contributed by atoms with van der Waals surface area (Å²) in [5.74, 6) is 0.726. The lowest BCUT2D eigenvalue weighted by Gasteiger charge is -2.33. The van der Waals surface area contributed by atoms with Crippen molar-refractivity contribution in [2.24, 2.45) is 5.92 Å². The highest BCUT2D eigenvalue weighted by Gasteiger charge is 2.34. The van der Waals surface area contributed by atoms with Gasteiger partial charge in [0.05, 0.1) is 17.0 Å². The first kappa shape index (κ1) is 14.0. The highest BCUT2D eigenvalue weighted by molar-refractivity contribution is 9.11. The third-order valence-electron chi connectivity index (χ3n) is 4.20. The van der Waals surface area contributed by atoms with E-state index in [1.54, 1.807) is 0 Å². The number of hydrogen-bond donors (Lipinski definition) is 2. The SMILES string of the molecule is Brc1ccc(CNC2CCCC2C2COCCN2)s1. The van der Waals surface area contributed by atoms with E-state index < -0.39 is 0 Å². The lowest BCUT2D eigenvalue weighted by atomic mass is 9.94. The van der Waals surface area contributed by atoms with E-state index >= 15 is 0 Å². The molecule has 106 valence electrons. The summed E-state index contributed by atoms with van der Waals surface area (Å²) in [5, 5.41) is 7.38. The summed E-state index contributed by atoms with van der Waals surface area (Å²) in [6.45, 7) is 3.74. The molecule has 0 spiro atoms. The molecule has 2 N–H and O–H groups in total. The number of morpholine rings is 1. The molecule has 19 heavy (non-hydrogen) atoms. The third-order valence-corrected chi connectivity index (χ3v) is 5.83. The van der Waals surface area contributed by atoms with Gasteiger partial charge in [-0.3, -0.25) is 0 Å². The average Bonchev–Trinajstić information content (AvgIpc) is 3.06. The maximum Gasteiger partial charge on any atom is 0.0701 e. The molecule has 2 aliphatic rings. The molecule has 2 fully saturated rings. The fourth-order valence-electron chi connectivity index (χ4n) is 3.26. The van der Waals surface area contributed by atoms with E-state index in [-0.39, 0.29) is 0 Å². The fourth-order valence-corrected chi connectivity index (χ4v) is 4.70. The van der Waals surface area contributed by atoms with E-state index in [4.69, 9.17) is 4.74 Å². The summed E-state index contributed by atoms with van der Waals surface area (Å²) in [7, 11) is 0. The van der Waals surface area contributed by atoms with Crippen molar-refractivity contribution in [2.75, 3.05) is 19.8 Å². The van der Waals surface area contributed by atoms with Crippen molar-refractivity contribution >= 4 is 27.3 Å². The summed E-state index contributed by atoms with van der Waals surface area (Å²) < 4.78 is 6.83. The molecule has 2 heterocycles. The number of thiophene rings is 1. The van der Waals surface area contributed by atoms with Gasteiger partial charge in [0.25, 0.3) is 0 Å². The number of hydrogen-bond acceptors (Lipinski definition) is 4. The number of halogens is 1. The predicted octanol–water partition coefficient (Wildman–Crippen LogP) is 2.76. The molecule has 3 nitrogen and oxygen atoms in total. The molecule has 1 aliphatic carbocycles. The predicted molar refractivity (Wildman–Crippen MR) is 82.6 cm³/mol. The largest absolute Gasteiger partial charge is 0.379 e. The third kappa shape index (κ3) is 3.58. The Bertz CT molecular complexity index is 406. The molecule has 1 aromatic heterocycles. The van der Waals surface area contributed by atoms with E-state index in [0.717, 1.165) is 32.2 Å². The first-order valence-corrected chi connectivity index (χ1v) is 8.72. The summed E-state index contributed by atoms with van der Waals surface area (Å²) in [4.78, 5) is 1.41. The van der Waals surface area contributed by atoms with Gasteiger partial charge in [-0.15, -0.1) is 11.3 Å². The second-order valence-electron chi connectivity index (χ2n) is 5.42. The van der Waals surface area contributed by atoms with Crippen molar-refractivity contribution < 1.29 is 4.74 Å². The zero-order valence-corrected chi connectivity index (χ0v) is 13.4. The van der Waals surface area contributed by atoms with Gasteiger partial charge in [-0.1, -0.05) is 6.42 Å². The molecule has 3 rings (SSSR count). The molecule has 1 aromatic rings. The first-order valence-electron chi connectivity index (χ1n) is 7.11. The molecule has 0 amide bonds. The maximum atomic E-state index is 5.61. The van der Waals surface area contributed by atoms with Gasteiger partial charge in [-0.05, 0) is 46.8 Å². The Kier molecular flexibility index (Phi) is 4.92. The Morgan fingerprint density at radius 2 is 2.37 bits per heavy atom. The van der Waals surface area contributed by atoms with Crippen LogP contribution in [0.15, 0.2) is 15.9 Å². The Hall–Kier alpha value is 0.0600. The van der Waals surface area contributed by atoms with Crippen molar-refractivity contribution in [1.29, 1.82) is 0 Å². The van der Waals surface area contributed by atoms with Crippen LogP contribution in [0.1, 0.15) is 24.1 Å². The number of rotatable bonds is 4. The maximum absolute atomic E-state index is 5.61. The first-order chi connectivity index (χ1) is 9.33. The molecule has 1 saturated carbocycles. The fraction of sp³-hybridized carbons (Fsp3) is 0.714. The van der Waals surface area contributed by atoms with Crippen LogP contribution in [0, 0.1) is 5.92 Å². The van der Waals surface area contributed by atoms with Crippen molar-refractivity contribution in [3.63, 3.8) is 0 Å².